The minimum atomic E-state index is -0.259. The van der Waals surface area contributed by atoms with Crippen LogP contribution in [0.3, 0.4) is 0 Å². The Kier molecular flexibility index (Phi) is 3.29. The molecular formula is C14H22BNO2S. The van der Waals surface area contributed by atoms with Gasteiger partial charge in [0.15, 0.2) is 0 Å². The molecule has 0 radical (unpaired) electrons. The van der Waals surface area contributed by atoms with Crippen LogP contribution in [0.1, 0.15) is 51.5 Å². The van der Waals surface area contributed by atoms with Gasteiger partial charge in [0.2, 0.25) is 0 Å². The van der Waals surface area contributed by atoms with Crippen molar-refractivity contribution in [3.63, 3.8) is 0 Å². The van der Waals surface area contributed by atoms with Gasteiger partial charge in [0.1, 0.15) is 0 Å². The van der Waals surface area contributed by atoms with Crippen molar-refractivity contribution >= 4 is 23.9 Å². The van der Waals surface area contributed by atoms with Crippen molar-refractivity contribution in [2.24, 2.45) is 0 Å². The van der Waals surface area contributed by atoms with Gasteiger partial charge >= 0.3 is 7.12 Å². The van der Waals surface area contributed by atoms with E-state index in [1.807, 2.05) is 11.3 Å². The lowest BCUT2D eigenvalue weighted by Crippen LogP contribution is -2.41. The predicted molar refractivity (Wildman–Crippen MR) is 80.0 cm³/mol. The first-order chi connectivity index (χ1) is 8.89. The molecule has 2 aliphatic heterocycles. The lowest BCUT2D eigenvalue weighted by Gasteiger charge is -2.32. The Labute approximate surface area is 119 Å². The van der Waals surface area contributed by atoms with E-state index >= 15 is 0 Å². The molecule has 1 N–H and O–H groups in total. The summed E-state index contributed by atoms with van der Waals surface area (Å²) < 4.78 is 12.2. The summed E-state index contributed by atoms with van der Waals surface area (Å²) in [6.45, 7) is 9.52. The van der Waals surface area contributed by atoms with E-state index in [2.05, 4.69) is 44.5 Å². The highest BCUT2D eigenvalue weighted by Gasteiger charge is 2.51. The highest BCUT2D eigenvalue weighted by molar-refractivity contribution is 7.11. The maximum Gasteiger partial charge on any atom is 0.495 e. The standard InChI is InChI=1S/C14H22BNO2S/c1-13(2)14(3,4)18-15(17-13)10-8-12(19-9-10)11-6-5-7-16-11/h8-9,11,16H,5-7H2,1-4H3/t11-/m1/s1. The fraction of sp³-hybridized carbons (Fsp3) is 0.714. The van der Waals surface area contributed by atoms with Gasteiger partial charge < -0.3 is 14.6 Å². The molecule has 2 fully saturated rings. The molecule has 0 unspecified atom stereocenters. The molecule has 1 aromatic rings. The Morgan fingerprint density at radius 1 is 1.26 bits per heavy atom. The van der Waals surface area contributed by atoms with Crippen molar-refractivity contribution in [2.45, 2.75) is 57.8 Å². The monoisotopic (exact) mass is 279 g/mol. The summed E-state index contributed by atoms with van der Waals surface area (Å²) in [4.78, 5) is 1.40. The summed E-state index contributed by atoms with van der Waals surface area (Å²) in [5.41, 5.74) is 0.642. The van der Waals surface area contributed by atoms with Gasteiger partial charge in [-0.3, -0.25) is 0 Å². The fourth-order valence-corrected chi connectivity index (χ4v) is 3.60. The Hall–Kier alpha value is -0.355. The number of thiophene rings is 1. The van der Waals surface area contributed by atoms with Crippen LogP contribution in [-0.4, -0.2) is 24.9 Å². The molecule has 3 nitrogen and oxygen atoms in total. The predicted octanol–water partition coefficient (Wildman–Crippen LogP) is 2.47. The maximum atomic E-state index is 6.09. The minimum absolute atomic E-state index is 0.226. The summed E-state index contributed by atoms with van der Waals surface area (Å²) in [5.74, 6) is 0. The summed E-state index contributed by atoms with van der Waals surface area (Å²) in [5, 5.41) is 5.72. The van der Waals surface area contributed by atoms with Crippen LogP contribution in [0.4, 0.5) is 0 Å². The molecule has 104 valence electrons. The van der Waals surface area contributed by atoms with Crippen LogP contribution in [0.25, 0.3) is 0 Å². The molecule has 3 heterocycles. The molecule has 0 spiro atoms. The SMILES string of the molecule is CC1(C)OB(c2csc([C@H]3CCCN3)c2)OC1(C)C. The first kappa shape index (κ1) is 13.6. The zero-order valence-electron chi connectivity index (χ0n) is 12.2. The number of rotatable bonds is 2. The van der Waals surface area contributed by atoms with Gasteiger partial charge in [-0.1, -0.05) is 0 Å². The average molecular weight is 279 g/mol. The summed E-state index contributed by atoms with van der Waals surface area (Å²) in [6.07, 6.45) is 2.51. The van der Waals surface area contributed by atoms with E-state index in [9.17, 15) is 0 Å². The normalized spacial score (nSPS) is 29.1. The number of hydrogen-bond donors (Lipinski definition) is 1. The number of nitrogens with one attached hydrogen (secondary N) is 1. The van der Waals surface area contributed by atoms with Crippen molar-refractivity contribution in [3.05, 3.63) is 16.3 Å². The Morgan fingerprint density at radius 3 is 2.53 bits per heavy atom. The first-order valence-corrected chi connectivity index (χ1v) is 7.94. The van der Waals surface area contributed by atoms with E-state index in [1.54, 1.807) is 0 Å². The second-order valence-electron chi connectivity index (χ2n) is 6.52. The molecule has 19 heavy (non-hydrogen) atoms. The minimum Gasteiger partial charge on any atom is -0.399 e. The van der Waals surface area contributed by atoms with Crippen LogP contribution < -0.4 is 10.8 Å². The van der Waals surface area contributed by atoms with Gasteiger partial charge in [-0.15, -0.1) is 11.3 Å². The van der Waals surface area contributed by atoms with Crippen LogP contribution in [0.15, 0.2) is 11.4 Å². The molecule has 0 amide bonds. The second-order valence-corrected chi connectivity index (χ2v) is 7.46. The zero-order valence-corrected chi connectivity index (χ0v) is 13.0. The molecule has 2 aliphatic rings. The van der Waals surface area contributed by atoms with Gasteiger partial charge in [0.25, 0.3) is 0 Å². The third kappa shape index (κ3) is 2.37. The molecular weight excluding hydrogens is 257 g/mol. The van der Waals surface area contributed by atoms with Crippen LogP contribution in [0.5, 0.6) is 0 Å². The van der Waals surface area contributed by atoms with E-state index in [-0.39, 0.29) is 18.3 Å². The van der Waals surface area contributed by atoms with E-state index in [4.69, 9.17) is 9.31 Å². The third-order valence-corrected chi connectivity index (χ3v) is 5.63. The van der Waals surface area contributed by atoms with Gasteiger partial charge in [-0.25, -0.2) is 0 Å². The smallest absolute Gasteiger partial charge is 0.399 e. The molecule has 5 heteroatoms. The van der Waals surface area contributed by atoms with Gasteiger partial charge in [0.05, 0.1) is 11.2 Å². The molecule has 0 bridgehead atoms. The van der Waals surface area contributed by atoms with E-state index in [0.29, 0.717) is 6.04 Å². The van der Waals surface area contributed by atoms with E-state index in [0.717, 1.165) is 12.0 Å². The van der Waals surface area contributed by atoms with Gasteiger partial charge in [-0.2, -0.15) is 0 Å². The number of hydrogen-bond acceptors (Lipinski definition) is 4. The molecule has 0 saturated carbocycles. The second kappa shape index (κ2) is 4.59. The highest BCUT2D eigenvalue weighted by Crippen LogP contribution is 2.37. The topological polar surface area (TPSA) is 30.5 Å². The summed E-state index contributed by atoms with van der Waals surface area (Å²) in [7, 11) is -0.226. The van der Waals surface area contributed by atoms with Crippen LogP contribution in [-0.2, 0) is 9.31 Å². The quantitative estimate of drug-likeness (QED) is 0.844. The molecule has 1 atom stereocenters. The van der Waals surface area contributed by atoms with E-state index < -0.39 is 0 Å². The Morgan fingerprint density at radius 2 is 1.95 bits per heavy atom. The highest BCUT2D eigenvalue weighted by atomic mass is 32.1. The zero-order chi connectivity index (χ0) is 13.7. The maximum absolute atomic E-state index is 6.09. The largest absolute Gasteiger partial charge is 0.495 e. The van der Waals surface area contributed by atoms with Crippen LogP contribution >= 0.6 is 11.3 Å². The lowest BCUT2D eigenvalue weighted by atomic mass is 9.81. The fourth-order valence-electron chi connectivity index (χ4n) is 2.58. The van der Waals surface area contributed by atoms with Crippen molar-refractivity contribution in [1.82, 2.24) is 5.32 Å². The summed E-state index contributed by atoms with van der Waals surface area (Å²) >= 11 is 1.81. The lowest BCUT2D eigenvalue weighted by molar-refractivity contribution is 0.00578. The molecule has 2 saturated heterocycles. The molecule has 1 aromatic heterocycles. The van der Waals surface area contributed by atoms with Gasteiger partial charge in [0, 0.05) is 10.9 Å². The van der Waals surface area contributed by atoms with Crippen molar-refractivity contribution in [1.29, 1.82) is 0 Å². The van der Waals surface area contributed by atoms with Crippen molar-refractivity contribution in [2.75, 3.05) is 6.54 Å². The van der Waals surface area contributed by atoms with Gasteiger partial charge in [-0.05, 0) is 64.0 Å². The molecule has 0 aliphatic carbocycles. The third-order valence-electron chi connectivity index (χ3n) is 4.57. The molecule has 0 aromatic carbocycles. The summed E-state index contributed by atoms with van der Waals surface area (Å²) in [6, 6.07) is 2.77. The van der Waals surface area contributed by atoms with Crippen LogP contribution in [0.2, 0.25) is 0 Å². The Bertz CT molecular complexity index is 450. The van der Waals surface area contributed by atoms with Crippen LogP contribution in [0, 0.1) is 0 Å². The Balaban J connectivity index is 1.77. The average Bonchev–Trinajstić information content (AvgIpc) is 3.00. The van der Waals surface area contributed by atoms with Crippen molar-refractivity contribution in [3.8, 4) is 0 Å². The van der Waals surface area contributed by atoms with Crippen molar-refractivity contribution < 1.29 is 9.31 Å². The van der Waals surface area contributed by atoms with E-state index in [1.165, 1.54) is 17.7 Å². The molecule has 3 rings (SSSR count). The first-order valence-electron chi connectivity index (χ1n) is 7.06.